The summed E-state index contributed by atoms with van der Waals surface area (Å²) in [7, 11) is 3.49. The number of hydrogen-bond acceptors (Lipinski definition) is 2. The first kappa shape index (κ1) is 13.2. The van der Waals surface area contributed by atoms with E-state index in [1.807, 2.05) is 14.0 Å². The van der Waals surface area contributed by atoms with Gasteiger partial charge in [0.05, 0.1) is 13.0 Å². The lowest BCUT2D eigenvalue weighted by atomic mass is 9.95. The van der Waals surface area contributed by atoms with Gasteiger partial charge in [-0.15, -0.1) is 0 Å². The van der Waals surface area contributed by atoms with Gasteiger partial charge in [0.1, 0.15) is 0 Å². The van der Waals surface area contributed by atoms with Crippen molar-refractivity contribution in [3.8, 4) is 0 Å². The van der Waals surface area contributed by atoms with Crippen LogP contribution in [-0.4, -0.2) is 17.6 Å². The number of methoxy groups -OCH3 is 1. The molecule has 106 valence electrons. The van der Waals surface area contributed by atoms with E-state index in [1.54, 1.807) is 0 Å². The Morgan fingerprint density at radius 1 is 1.45 bits per heavy atom. The van der Waals surface area contributed by atoms with Gasteiger partial charge in [-0.1, -0.05) is 12.1 Å². The summed E-state index contributed by atoms with van der Waals surface area (Å²) < 4.78 is 7.02. The maximum Gasteiger partial charge on any atom is 0.312 e. The Balaban J connectivity index is 2.12. The highest BCUT2D eigenvalue weighted by Crippen LogP contribution is 2.37. The van der Waals surface area contributed by atoms with Gasteiger partial charge >= 0.3 is 5.97 Å². The molecule has 0 bridgehead atoms. The molecule has 0 spiro atoms. The summed E-state index contributed by atoms with van der Waals surface area (Å²) in [5.41, 5.74) is 3.66. The summed E-state index contributed by atoms with van der Waals surface area (Å²) in [5, 5.41) is 1.25. The predicted molar refractivity (Wildman–Crippen MR) is 79.8 cm³/mol. The Labute approximate surface area is 119 Å². The average Bonchev–Trinajstić information content (AvgIpc) is 3.20. The summed E-state index contributed by atoms with van der Waals surface area (Å²) in [4.78, 5) is 11.9. The second-order valence-corrected chi connectivity index (χ2v) is 5.90. The Morgan fingerprint density at radius 3 is 2.85 bits per heavy atom. The zero-order chi connectivity index (χ0) is 14.3. The molecule has 1 heterocycles. The number of aryl methyl sites for hydroxylation is 1. The van der Waals surface area contributed by atoms with Crippen molar-refractivity contribution in [3.63, 3.8) is 0 Å². The van der Waals surface area contributed by atoms with E-state index in [0.29, 0.717) is 0 Å². The molecule has 1 saturated carbocycles. The number of nitrogens with zero attached hydrogens (tertiary/aromatic N) is 1. The molecule has 3 rings (SSSR count). The summed E-state index contributed by atoms with van der Waals surface area (Å²) in [6.45, 7) is 1.93. The molecule has 0 saturated heterocycles. The number of hydrogen-bond donors (Lipinski definition) is 0. The van der Waals surface area contributed by atoms with Crippen molar-refractivity contribution in [2.24, 2.45) is 13.0 Å². The number of rotatable bonds is 4. The fraction of sp³-hybridized carbons (Fsp3) is 0.471. The Kier molecular flexibility index (Phi) is 3.28. The van der Waals surface area contributed by atoms with Crippen LogP contribution in [-0.2, 0) is 23.0 Å². The van der Waals surface area contributed by atoms with Crippen LogP contribution in [0.15, 0.2) is 24.4 Å². The van der Waals surface area contributed by atoms with Crippen LogP contribution in [0.2, 0.25) is 0 Å². The average molecular weight is 271 g/mol. The highest BCUT2D eigenvalue weighted by atomic mass is 16.5. The van der Waals surface area contributed by atoms with Gasteiger partial charge in [0, 0.05) is 24.1 Å². The number of carbonyl (C=O) groups excluding carboxylic acids is 1. The monoisotopic (exact) mass is 271 g/mol. The van der Waals surface area contributed by atoms with Crippen molar-refractivity contribution in [1.29, 1.82) is 0 Å². The first-order valence-corrected chi connectivity index (χ1v) is 7.26. The summed E-state index contributed by atoms with van der Waals surface area (Å²) in [5.74, 6) is 0.449. The third-order valence-corrected chi connectivity index (χ3v) is 4.36. The van der Waals surface area contributed by atoms with E-state index in [2.05, 4.69) is 29.0 Å². The molecule has 20 heavy (non-hydrogen) atoms. The lowest BCUT2D eigenvalue weighted by Crippen LogP contribution is -2.10. The Morgan fingerprint density at radius 2 is 2.20 bits per heavy atom. The van der Waals surface area contributed by atoms with Crippen LogP contribution in [0, 0.1) is 5.92 Å². The number of benzene rings is 1. The standard InChI is InChI=1S/C17H21NO2/c1-11(17(19)20-3)14-10-18(2)15-6-4-5-13(16(14)15)9-12-7-8-12/h4-6,10-12H,7-9H2,1-3H3. The van der Waals surface area contributed by atoms with Crippen LogP contribution in [0.5, 0.6) is 0 Å². The lowest BCUT2D eigenvalue weighted by Gasteiger charge is -2.10. The van der Waals surface area contributed by atoms with Crippen LogP contribution >= 0.6 is 0 Å². The summed E-state index contributed by atoms with van der Waals surface area (Å²) >= 11 is 0. The zero-order valence-corrected chi connectivity index (χ0v) is 12.3. The number of carbonyl (C=O) groups is 1. The quantitative estimate of drug-likeness (QED) is 0.798. The molecule has 0 amide bonds. The minimum absolute atomic E-state index is 0.168. The third kappa shape index (κ3) is 2.21. The highest BCUT2D eigenvalue weighted by Gasteiger charge is 2.26. The second kappa shape index (κ2) is 4.97. The maximum atomic E-state index is 11.9. The highest BCUT2D eigenvalue weighted by molar-refractivity contribution is 5.92. The normalized spacial score (nSPS) is 16.4. The number of fused-ring (bicyclic) bond motifs is 1. The Hall–Kier alpha value is -1.77. The third-order valence-electron chi connectivity index (χ3n) is 4.36. The van der Waals surface area contributed by atoms with Gasteiger partial charge < -0.3 is 9.30 Å². The van der Waals surface area contributed by atoms with Crippen LogP contribution in [0.1, 0.15) is 36.8 Å². The lowest BCUT2D eigenvalue weighted by molar-refractivity contribution is -0.141. The molecule has 1 aliphatic rings. The van der Waals surface area contributed by atoms with Gasteiger partial charge in [-0.2, -0.15) is 0 Å². The van der Waals surface area contributed by atoms with Gasteiger partial charge in [-0.05, 0) is 49.3 Å². The van der Waals surface area contributed by atoms with Gasteiger partial charge in [-0.25, -0.2) is 0 Å². The van der Waals surface area contributed by atoms with E-state index in [1.165, 1.54) is 36.4 Å². The summed E-state index contributed by atoms with van der Waals surface area (Å²) in [6, 6.07) is 6.44. The molecule has 0 N–H and O–H groups in total. The van der Waals surface area contributed by atoms with Crippen molar-refractivity contribution in [3.05, 3.63) is 35.5 Å². The van der Waals surface area contributed by atoms with Crippen LogP contribution < -0.4 is 0 Å². The van der Waals surface area contributed by atoms with Crippen LogP contribution in [0.4, 0.5) is 0 Å². The van der Waals surface area contributed by atoms with Gasteiger partial charge in [0.15, 0.2) is 0 Å². The predicted octanol–water partition coefficient (Wildman–Crippen LogP) is 3.41. The van der Waals surface area contributed by atoms with Crippen LogP contribution in [0.3, 0.4) is 0 Å². The van der Waals surface area contributed by atoms with Crippen molar-refractivity contribution in [2.45, 2.75) is 32.1 Å². The van der Waals surface area contributed by atoms with E-state index in [4.69, 9.17) is 4.74 Å². The van der Waals surface area contributed by atoms with E-state index in [0.717, 1.165) is 17.9 Å². The zero-order valence-electron chi connectivity index (χ0n) is 12.3. The van der Waals surface area contributed by atoms with E-state index >= 15 is 0 Å². The minimum Gasteiger partial charge on any atom is -0.469 e. The molecule has 1 atom stereocenters. The first-order valence-electron chi connectivity index (χ1n) is 7.26. The molecule has 1 aromatic heterocycles. The largest absolute Gasteiger partial charge is 0.469 e. The van der Waals surface area contributed by atoms with Crippen molar-refractivity contribution in [1.82, 2.24) is 4.57 Å². The van der Waals surface area contributed by atoms with Gasteiger partial charge in [0.2, 0.25) is 0 Å². The molecule has 0 radical (unpaired) electrons. The number of ether oxygens (including phenoxy) is 1. The maximum absolute atomic E-state index is 11.9. The van der Waals surface area contributed by atoms with Crippen LogP contribution in [0.25, 0.3) is 10.9 Å². The number of esters is 1. The first-order chi connectivity index (χ1) is 9.61. The molecule has 3 nitrogen and oxygen atoms in total. The van der Waals surface area contributed by atoms with Crippen molar-refractivity contribution < 1.29 is 9.53 Å². The molecule has 1 aliphatic carbocycles. The minimum atomic E-state index is -0.218. The SMILES string of the molecule is COC(=O)C(C)c1cn(C)c2cccc(CC3CC3)c12. The van der Waals surface area contributed by atoms with Crippen molar-refractivity contribution >= 4 is 16.9 Å². The molecule has 1 aromatic carbocycles. The molecule has 2 aromatic rings. The molecule has 0 aliphatic heterocycles. The molecule has 1 unspecified atom stereocenters. The number of aromatic nitrogens is 1. The fourth-order valence-electron chi connectivity index (χ4n) is 2.99. The van der Waals surface area contributed by atoms with Crippen molar-refractivity contribution in [2.75, 3.05) is 7.11 Å². The fourth-order valence-corrected chi connectivity index (χ4v) is 2.99. The van der Waals surface area contributed by atoms with E-state index in [9.17, 15) is 4.79 Å². The molecule has 3 heteroatoms. The summed E-state index contributed by atoms with van der Waals surface area (Å²) in [6.07, 6.45) is 5.88. The second-order valence-electron chi connectivity index (χ2n) is 5.90. The van der Waals surface area contributed by atoms with Gasteiger partial charge in [-0.3, -0.25) is 4.79 Å². The van der Waals surface area contributed by atoms with Gasteiger partial charge in [0.25, 0.3) is 0 Å². The van der Waals surface area contributed by atoms with E-state index in [-0.39, 0.29) is 11.9 Å². The molecular weight excluding hydrogens is 250 g/mol. The molecule has 1 fully saturated rings. The molecular formula is C17H21NO2. The van der Waals surface area contributed by atoms with E-state index < -0.39 is 0 Å². The smallest absolute Gasteiger partial charge is 0.312 e. The topological polar surface area (TPSA) is 31.2 Å². The Bertz CT molecular complexity index is 652.